The Balaban J connectivity index is 1.76. The Hall–Kier alpha value is -2.64. The highest BCUT2D eigenvalue weighted by Crippen LogP contribution is 2.39. The Morgan fingerprint density at radius 3 is 2.64 bits per heavy atom. The average molecular weight is 388 g/mol. The maximum atomic E-state index is 13.6. The lowest BCUT2D eigenvalue weighted by atomic mass is 10.1. The molecule has 3 aromatic rings. The minimum absolute atomic E-state index is 0.0401. The van der Waals surface area contributed by atoms with Gasteiger partial charge in [0.1, 0.15) is 6.10 Å². The second-order valence-electron chi connectivity index (χ2n) is 6.76. The Morgan fingerprint density at radius 2 is 1.93 bits per heavy atom. The van der Waals surface area contributed by atoms with Crippen LogP contribution in [-0.4, -0.2) is 16.4 Å². The van der Waals surface area contributed by atoms with Crippen molar-refractivity contribution in [3.8, 4) is 5.69 Å². The molecule has 146 valence electrons. The molecule has 1 atom stereocenters. The summed E-state index contributed by atoms with van der Waals surface area (Å²) in [5.41, 5.74) is 1.97. The van der Waals surface area contributed by atoms with E-state index in [1.165, 1.54) is 4.68 Å². The summed E-state index contributed by atoms with van der Waals surface area (Å²) in [4.78, 5) is 0. The highest BCUT2D eigenvalue weighted by atomic mass is 19.4. The minimum Gasteiger partial charge on any atom is -0.373 e. The fourth-order valence-electron chi connectivity index (χ4n) is 3.37. The van der Waals surface area contributed by atoms with Crippen LogP contribution in [0, 0.1) is 6.92 Å². The number of alkyl halides is 3. The third-order valence-electron chi connectivity index (χ3n) is 4.65. The number of nitrogens with zero attached hydrogens (tertiary/aromatic N) is 2. The number of fused-ring (bicyclic) bond motifs is 1. The van der Waals surface area contributed by atoms with Gasteiger partial charge in [-0.2, -0.15) is 18.3 Å². The number of hydrogen-bond donors (Lipinski definition) is 0. The van der Waals surface area contributed by atoms with Crippen molar-refractivity contribution in [3.05, 3.63) is 82.7 Å². The second-order valence-corrected chi connectivity index (χ2v) is 6.76. The fraction of sp³-hybridized carbons (Fsp3) is 0.286. The maximum Gasteiger partial charge on any atom is 0.435 e. The van der Waals surface area contributed by atoms with Crippen molar-refractivity contribution in [1.29, 1.82) is 0 Å². The highest BCUT2D eigenvalue weighted by Gasteiger charge is 2.42. The van der Waals surface area contributed by atoms with Gasteiger partial charge in [0.05, 0.1) is 31.2 Å². The van der Waals surface area contributed by atoms with E-state index in [4.69, 9.17) is 9.47 Å². The quantitative estimate of drug-likeness (QED) is 0.632. The largest absolute Gasteiger partial charge is 0.435 e. The summed E-state index contributed by atoms with van der Waals surface area (Å²) in [7, 11) is 0. The van der Waals surface area contributed by atoms with Gasteiger partial charge in [0.2, 0.25) is 0 Å². The third kappa shape index (κ3) is 3.68. The fourth-order valence-corrected chi connectivity index (χ4v) is 3.37. The molecule has 1 aromatic heterocycles. The lowest BCUT2D eigenvalue weighted by molar-refractivity contribution is -0.143. The van der Waals surface area contributed by atoms with Gasteiger partial charge in [-0.15, -0.1) is 0 Å². The molecule has 0 saturated carbocycles. The van der Waals surface area contributed by atoms with E-state index in [2.05, 4.69) is 5.10 Å². The molecule has 0 radical (unpaired) electrons. The molecule has 0 fully saturated rings. The molecule has 0 saturated heterocycles. The minimum atomic E-state index is -4.57. The predicted octanol–water partition coefficient (Wildman–Crippen LogP) is 4.99. The van der Waals surface area contributed by atoms with E-state index in [0.29, 0.717) is 11.4 Å². The Bertz CT molecular complexity index is 968. The molecule has 2 heterocycles. The smallest absolute Gasteiger partial charge is 0.373 e. The van der Waals surface area contributed by atoms with E-state index < -0.39 is 18.0 Å². The summed E-state index contributed by atoms with van der Waals surface area (Å²) in [6.07, 6.45) is -5.21. The Morgan fingerprint density at radius 1 is 1.14 bits per heavy atom. The van der Waals surface area contributed by atoms with Gasteiger partial charge in [-0.1, -0.05) is 42.5 Å². The van der Waals surface area contributed by atoms with Crippen molar-refractivity contribution in [2.45, 2.75) is 32.4 Å². The van der Waals surface area contributed by atoms with Crippen LogP contribution in [-0.2, 0) is 28.9 Å². The van der Waals surface area contributed by atoms with E-state index in [1.807, 2.05) is 43.3 Å². The van der Waals surface area contributed by atoms with Crippen LogP contribution >= 0.6 is 0 Å². The van der Waals surface area contributed by atoms with Crippen LogP contribution in [0.4, 0.5) is 13.2 Å². The number of ether oxygens (including phenoxy) is 2. The maximum absolute atomic E-state index is 13.6. The van der Waals surface area contributed by atoms with Gasteiger partial charge in [-0.25, -0.2) is 4.68 Å². The monoisotopic (exact) mass is 388 g/mol. The van der Waals surface area contributed by atoms with E-state index in [1.54, 1.807) is 18.2 Å². The van der Waals surface area contributed by atoms with Gasteiger partial charge >= 0.3 is 6.18 Å². The molecule has 28 heavy (non-hydrogen) atoms. The van der Waals surface area contributed by atoms with Crippen LogP contribution in [0.15, 0.2) is 54.6 Å². The second kappa shape index (κ2) is 7.41. The van der Waals surface area contributed by atoms with Gasteiger partial charge < -0.3 is 9.47 Å². The number of aryl methyl sites for hydroxylation is 1. The molecule has 0 aliphatic carbocycles. The van der Waals surface area contributed by atoms with Gasteiger partial charge in [-0.3, -0.25) is 0 Å². The Kier molecular flexibility index (Phi) is 4.95. The molecule has 1 aliphatic heterocycles. The molecule has 0 bridgehead atoms. The zero-order valence-electron chi connectivity index (χ0n) is 15.2. The standard InChI is InChI=1S/C21H19F3N2O2/c1-14-6-5-9-16(10-14)26-19-17(20(25-26)21(22,23)24)12-27-13-18(19)28-11-15-7-3-2-4-8-15/h2-10,18H,11-13H2,1H3. The first-order valence-corrected chi connectivity index (χ1v) is 8.93. The molecule has 4 rings (SSSR count). The number of benzene rings is 2. The molecular formula is C21H19F3N2O2. The molecule has 4 nitrogen and oxygen atoms in total. The first kappa shape index (κ1) is 18.7. The van der Waals surface area contributed by atoms with Gasteiger partial charge in [0.15, 0.2) is 5.69 Å². The SMILES string of the molecule is Cc1cccc(-n2nc(C(F)(F)F)c3c2C(OCc2ccccc2)COC3)c1. The molecule has 0 amide bonds. The first-order valence-electron chi connectivity index (χ1n) is 8.93. The van der Waals surface area contributed by atoms with Crippen molar-refractivity contribution >= 4 is 0 Å². The predicted molar refractivity (Wildman–Crippen MR) is 96.9 cm³/mol. The molecule has 0 spiro atoms. The van der Waals surface area contributed by atoms with Gasteiger partial charge in [0, 0.05) is 5.56 Å². The third-order valence-corrected chi connectivity index (χ3v) is 4.65. The van der Waals surface area contributed by atoms with Crippen LogP contribution < -0.4 is 0 Å². The topological polar surface area (TPSA) is 36.3 Å². The van der Waals surface area contributed by atoms with Crippen molar-refractivity contribution in [3.63, 3.8) is 0 Å². The number of aromatic nitrogens is 2. The summed E-state index contributed by atoms with van der Waals surface area (Å²) in [6.45, 7) is 2.20. The molecule has 7 heteroatoms. The van der Waals surface area contributed by atoms with E-state index in [9.17, 15) is 13.2 Å². The van der Waals surface area contributed by atoms with Gasteiger partial charge in [-0.05, 0) is 30.2 Å². The van der Waals surface area contributed by atoms with Crippen LogP contribution in [0.2, 0.25) is 0 Å². The van der Waals surface area contributed by atoms with Crippen LogP contribution in [0.1, 0.15) is 34.2 Å². The van der Waals surface area contributed by atoms with Crippen molar-refractivity contribution in [2.24, 2.45) is 0 Å². The normalized spacial score (nSPS) is 16.8. The Labute approximate surface area is 160 Å². The zero-order valence-corrected chi connectivity index (χ0v) is 15.2. The van der Waals surface area contributed by atoms with Gasteiger partial charge in [0.25, 0.3) is 0 Å². The first-order chi connectivity index (χ1) is 13.4. The van der Waals surface area contributed by atoms with Crippen molar-refractivity contribution in [1.82, 2.24) is 9.78 Å². The summed E-state index contributed by atoms with van der Waals surface area (Å²) in [5, 5.41) is 3.91. The van der Waals surface area contributed by atoms with Crippen LogP contribution in [0.25, 0.3) is 5.69 Å². The van der Waals surface area contributed by atoms with E-state index in [-0.39, 0.29) is 25.4 Å². The summed E-state index contributed by atoms with van der Waals surface area (Å²) in [6, 6.07) is 16.7. The molecule has 1 aliphatic rings. The molecule has 1 unspecified atom stereocenters. The summed E-state index contributed by atoms with van der Waals surface area (Å²) in [5.74, 6) is 0. The average Bonchev–Trinajstić information content (AvgIpc) is 3.08. The highest BCUT2D eigenvalue weighted by molar-refractivity contribution is 5.42. The molecular weight excluding hydrogens is 369 g/mol. The van der Waals surface area contributed by atoms with E-state index >= 15 is 0 Å². The van der Waals surface area contributed by atoms with E-state index in [0.717, 1.165) is 11.1 Å². The number of halogens is 3. The molecule has 0 N–H and O–H groups in total. The lowest BCUT2D eigenvalue weighted by Gasteiger charge is -2.25. The van der Waals surface area contributed by atoms with Crippen molar-refractivity contribution < 1.29 is 22.6 Å². The summed E-state index contributed by atoms with van der Waals surface area (Å²) >= 11 is 0. The number of hydrogen-bond acceptors (Lipinski definition) is 3. The summed E-state index contributed by atoms with van der Waals surface area (Å²) < 4.78 is 53.5. The van der Waals surface area contributed by atoms with Crippen LogP contribution in [0.5, 0.6) is 0 Å². The zero-order chi connectivity index (χ0) is 19.7. The van der Waals surface area contributed by atoms with Crippen molar-refractivity contribution in [2.75, 3.05) is 6.61 Å². The lowest BCUT2D eigenvalue weighted by Crippen LogP contribution is -2.22. The van der Waals surface area contributed by atoms with Crippen LogP contribution in [0.3, 0.4) is 0 Å². The molecule has 2 aromatic carbocycles. The number of rotatable bonds is 4.